The number of fused-ring (bicyclic) bond motifs is 2. The van der Waals surface area contributed by atoms with Gasteiger partial charge in [0.25, 0.3) is 5.91 Å². The fourth-order valence-electron chi connectivity index (χ4n) is 3.25. The van der Waals surface area contributed by atoms with Crippen molar-refractivity contribution in [1.29, 1.82) is 5.26 Å². The van der Waals surface area contributed by atoms with Gasteiger partial charge in [-0.05, 0) is 43.5 Å². The molecule has 0 bridgehead atoms. The molecule has 2 heterocycles. The Bertz CT molecular complexity index is 902. The lowest BCUT2D eigenvalue weighted by Crippen LogP contribution is -2.03. The van der Waals surface area contributed by atoms with Gasteiger partial charge in [0.05, 0.1) is 5.57 Å². The minimum Gasteiger partial charge on any atom is -0.460 e. The highest BCUT2D eigenvalue weighted by Gasteiger charge is 2.27. The number of carbonyl (C=O) groups excluding carboxylic acids is 1. The highest BCUT2D eigenvalue weighted by Crippen LogP contribution is 2.37. The van der Waals surface area contributed by atoms with Crippen LogP contribution in [0.1, 0.15) is 41.1 Å². The molecule has 5 heteroatoms. The molecule has 23 heavy (non-hydrogen) atoms. The van der Waals surface area contributed by atoms with Crippen molar-refractivity contribution < 1.29 is 9.21 Å². The van der Waals surface area contributed by atoms with E-state index in [1.165, 1.54) is 0 Å². The number of anilines is 1. The van der Waals surface area contributed by atoms with E-state index in [1.54, 1.807) is 6.08 Å². The third-order valence-electron chi connectivity index (χ3n) is 4.35. The molecule has 114 valence electrons. The summed E-state index contributed by atoms with van der Waals surface area (Å²) >= 11 is 3.43. The van der Waals surface area contributed by atoms with Gasteiger partial charge in [0, 0.05) is 27.7 Å². The van der Waals surface area contributed by atoms with Gasteiger partial charge in [-0.1, -0.05) is 15.9 Å². The molecule has 2 aliphatic rings. The zero-order valence-electron chi connectivity index (χ0n) is 12.3. The van der Waals surface area contributed by atoms with Crippen LogP contribution in [0.5, 0.6) is 0 Å². The van der Waals surface area contributed by atoms with E-state index in [0.717, 1.165) is 52.7 Å². The van der Waals surface area contributed by atoms with E-state index in [4.69, 9.17) is 4.42 Å². The number of amides is 1. The summed E-state index contributed by atoms with van der Waals surface area (Å²) in [5.41, 5.74) is 3.72. The van der Waals surface area contributed by atoms with Crippen molar-refractivity contribution in [2.45, 2.75) is 25.7 Å². The van der Waals surface area contributed by atoms with Gasteiger partial charge >= 0.3 is 0 Å². The van der Waals surface area contributed by atoms with Crippen LogP contribution in [0, 0.1) is 11.3 Å². The molecular weight excluding hydrogens is 356 g/mol. The number of rotatable bonds is 1. The van der Waals surface area contributed by atoms with Gasteiger partial charge in [-0.15, -0.1) is 0 Å². The molecule has 1 amide bonds. The van der Waals surface area contributed by atoms with Crippen LogP contribution in [0.2, 0.25) is 0 Å². The number of carbonyl (C=O) groups is 1. The van der Waals surface area contributed by atoms with Crippen LogP contribution in [-0.4, -0.2) is 5.91 Å². The lowest BCUT2D eigenvalue weighted by molar-refractivity contribution is -0.110. The van der Waals surface area contributed by atoms with Gasteiger partial charge in [0.1, 0.15) is 23.2 Å². The zero-order valence-corrected chi connectivity index (χ0v) is 13.9. The van der Waals surface area contributed by atoms with Gasteiger partial charge < -0.3 is 9.73 Å². The number of furan rings is 1. The summed E-state index contributed by atoms with van der Waals surface area (Å²) in [5, 5.41) is 12.3. The topological polar surface area (TPSA) is 66.0 Å². The normalized spacial score (nSPS) is 17.6. The summed E-state index contributed by atoms with van der Waals surface area (Å²) in [6.07, 6.45) is 5.59. The highest BCUT2D eigenvalue weighted by atomic mass is 79.9. The molecule has 0 atom stereocenters. The molecule has 1 N–H and O–H groups in total. The quantitative estimate of drug-likeness (QED) is 0.763. The van der Waals surface area contributed by atoms with Crippen molar-refractivity contribution in [1.82, 2.24) is 0 Å². The van der Waals surface area contributed by atoms with Crippen molar-refractivity contribution in [3.8, 4) is 6.07 Å². The lowest BCUT2D eigenvalue weighted by Gasteiger charge is -2.07. The van der Waals surface area contributed by atoms with Crippen molar-refractivity contribution in [3.05, 3.63) is 50.9 Å². The van der Waals surface area contributed by atoms with Crippen LogP contribution < -0.4 is 5.32 Å². The van der Waals surface area contributed by atoms with Crippen molar-refractivity contribution in [2.75, 3.05) is 5.32 Å². The number of benzene rings is 1. The number of halogens is 1. The summed E-state index contributed by atoms with van der Waals surface area (Å²) in [4.78, 5) is 12.3. The van der Waals surface area contributed by atoms with Gasteiger partial charge in [-0.25, -0.2) is 0 Å². The Morgan fingerprint density at radius 2 is 2.13 bits per heavy atom. The molecule has 0 saturated heterocycles. The van der Waals surface area contributed by atoms with Crippen LogP contribution in [0.4, 0.5) is 5.69 Å². The number of nitrogens with zero attached hydrogens (tertiary/aromatic N) is 1. The van der Waals surface area contributed by atoms with E-state index in [9.17, 15) is 10.1 Å². The molecule has 4 rings (SSSR count). The maximum atomic E-state index is 12.3. The minimum atomic E-state index is -0.170. The number of hydrogen-bond acceptors (Lipinski definition) is 3. The van der Waals surface area contributed by atoms with Crippen LogP contribution in [0.25, 0.3) is 11.6 Å². The number of hydrogen-bond donors (Lipinski definition) is 1. The Hall–Kier alpha value is -2.32. The first-order valence-corrected chi connectivity index (χ1v) is 8.34. The SMILES string of the molecule is N#Cc1c(C=C2C(=O)Nc3ccc(Br)cc32)oc2c1CCCC2. The minimum absolute atomic E-state index is 0.170. The first kappa shape index (κ1) is 14.3. The molecule has 0 unspecified atom stereocenters. The highest BCUT2D eigenvalue weighted by molar-refractivity contribution is 9.10. The maximum Gasteiger partial charge on any atom is 0.256 e. The number of aryl methyl sites for hydroxylation is 1. The number of nitrogens with one attached hydrogen (secondary N) is 1. The molecule has 1 aliphatic carbocycles. The first-order chi connectivity index (χ1) is 11.2. The predicted octanol–water partition coefficient (Wildman–Crippen LogP) is 4.29. The standard InChI is InChI=1S/C18H13BrN2O2/c19-10-5-6-15-12(7-10)13(18(22)21-15)8-17-14(9-20)11-3-1-2-4-16(11)23-17/h5-8H,1-4H2,(H,21,22). The predicted molar refractivity (Wildman–Crippen MR) is 90.7 cm³/mol. The average Bonchev–Trinajstić information content (AvgIpc) is 3.05. The van der Waals surface area contributed by atoms with E-state index >= 15 is 0 Å². The molecule has 1 aliphatic heterocycles. The second-order valence-electron chi connectivity index (χ2n) is 5.76. The molecule has 4 nitrogen and oxygen atoms in total. The van der Waals surface area contributed by atoms with E-state index in [1.807, 2.05) is 18.2 Å². The fraction of sp³-hybridized carbons (Fsp3) is 0.222. The Labute approximate surface area is 141 Å². The monoisotopic (exact) mass is 368 g/mol. The van der Waals surface area contributed by atoms with Gasteiger partial charge in [-0.2, -0.15) is 5.26 Å². The molecule has 0 radical (unpaired) electrons. The van der Waals surface area contributed by atoms with Crippen LogP contribution >= 0.6 is 15.9 Å². The van der Waals surface area contributed by atoms with E-state index in [0.29, 0.717) is 16.9 Å². The zero-order chi connectivity index (χ0) is 16.0. The molecule has 1 aromatic heterocycles. The Morgan fingerprint density at radius 1 is 1.30 bits per heavy atom. The van der Waals surface area contributed by atoms with Crippen LogP contribution in [0.15, 0.2) is 27.1 Å². The van der Waals surface area contributed by atoms with Crippen LogP contribution in [-0.2, 0) is 17.6 Å². The van der Waals surface area contributed by atoms with E-state index in [-0.39, 0.29) is 5.91 Å². The molecular formula is C18H13BrN2O2. The Kier molecular flexibility index (Phi) is 3.35. The largest absolute Gasteiger partial charge is 0.460 e. The third kappa shape index (κ3) is 2.30. The summed E-state index contributed by atoms with van der Waals surface area (Å²) in [6, 6.07) is 7.89. The van der Waals surface area contributed by atoms with Crippen LogP contribution in [0.3, 0.4) is 0 Å². The summed E-state index contributed by atoms with van der Waals surface area (Å²) < 4.78 is 6.79. The van der Waals surface area contributed by atoms with E-state index in [2.05, 4.69) is 27.3 Å². The van der Waals surface area contributed by atoms with E-state index < -0.39 is 0 Å². The number of nitriles is 1. The smallest absolute Gasteiger partial charge is 0.256 e. The second kappa shape index (κ2) is 5.39. The molecule has 0 saturated carbocycles. The summed E-state index contributed by atoms with van der Waals surface area (Å²) in [7, 11) is 0. The lowest BCUT2D eigenvalue weighted by atomic mass is 9.94. The molecule has 0 spiro atoms. The fourth-order valence-corrected chi connectivity index (χ4v) is 3.61. The van der Waals surface area contributed by atoms with Gasteiger partial charge in [-0.3, -0.25) is 4.79 Å². The maximum absolute atomic E-state index is 12.3. The van der Waals surface area contributed by atoms with Gasteiger partial charge in [0.2, 0.25) is 0 Å². The second-order valence-corrected chi connectivity index (χ2v) is 6.68. The Morgan fingerprint density at radius 3 is 2.96 bits per heavy atom. The first-order valence-electron chi connectivity index (χ1n) is 7.55. The van der Waals surface area contributed by atoms with Crippen molar-refractivity contribution >= 4 is 39.2 Å². The molecule has 0 fully saturated rings. The average molecular weight is 369 g/mol. The third-order valence-corrected chi connectivity index (χ3v) is 4.84. The van der Waals surface area contributed by atoms with Crippen molar-refractivity contribution in [2.24, 2.45) is 0 Å². The van der Waals surface area contributed by atoms with Gasteiger partial charge in [0.15, 0.2) is 0 Å². The molecule has 1 aromatic carbocycles. The molecule has 2 aromatic rings. The van der Waals surface area contributed by atoms with Crippen molar-refractivity contribution in [3.63, 3.8) is 0 Å². The summed E-state index contributed by atoms with van der Waals surface area (Å²) in [5.74, 6) is 1.22. The summed E-state index contributed by atoms with van der Waals surface area (Å²) in [6.45, 7) is 0. The Balaban J connectivity index is 1.86.